The fourth-order valence-electron chi connectivity index (χ4n) is 2.94. The molecule has 0 radical (unpaired) electrons. The van der Waals surface area contributed by atoms with Crippen molar-refractivity contribution in [1.29, 1.82) is 0 Å². The first-order chi connectivity index (χ1) is 9.20. The van der Waals surface area contributed by atoms with Gasteiger partial charge in [-0.1, -0.05) is 31.9 Å². The van der Waals surface area contributed by atoms with Crippen LogP contribution in [0.5, 0.6) is 5.75 Å². The van der Waals surface area contributed by atoms with E-state index >= 15 is 0 Å². The SMILES string of the molecule is CCCC(=O)NC1(c2cccc(OC)c2)CCCC1. The summed E-state index contributed by atoms with van der Waals surface area (Å²) >= 11 is 0. The highest BCUT2D eigenvalue weighted by Crippen LogP contribution is 2.39. The monoisotopic (exact) mass is 261 g/mol. The predicted octanol–water partition coefficient (Wildman–Crippen LogP) is 3.38. The number of hydrogen-bond donors (Lipinski definition) is 1. The van der Waals surface area contributed by atoms with Crippen molar-refractivity contribution in [2.45, 2.75) is 51.0 Å². The summed E-state index contributed by atoms with van der Waals surface area (Å²) in [6.07, 6.45) is 5.88. The van der Waals surface area contributed by atoms with Crippen LogP contribution in [0, 0.1) is 0 Å². The number of ether oxygens (including phenoxy) is 1. The molecule has 0 saturated heterocycles. The maximum Gasteiger partial charge on any atom is 0.220 e. The Balaban J connectivity index is 2.25. The van der Waals surface area contributed by atoms with Gasteiger partial charge in [0.05, 0.1) is 12.6 Å². The highest BCUT2D eigenvalue weighted by molar-refractivity contribution is 5.77. The van der Waals surface area contributed by atoms with E-state index in [0.717, 1.165) is 25.0 Å². The highest BCUT2D eigenvalue weighted by Gasteiger charge is 2.36. The van der Waals surface area contributed by atoms with Gasteiger partial charge in [-0.05, 0) is 37.0 Å². The van der Waals surface area contributed by atoms with E-state index in [0.29, 0.717) is 6.42 Å². The van der Waals surface area contributed by atoms with Crippen molar-refractivity contribution in [3.05, 3.63) is 29.8 Å². The molecule has 1 N–H and O–H groups in total. The van der Waals surface area contributed by atoms with Gasteiger partial charge in [-0.2, -0.15) is 0 Å². The summed E-state index contributed by atoms with van der Waals surface area (Å²) in [4.78, 5) is 12.0. The van der Waals surface area contributed by atoms with Gasteiger partial charge in [-0.15, -0.1) is 0 Å². The van der Waals surface area contributed by atoms with Crippen molar-refractivity contribution in [2.24, 2.45) is 0 Å². The molecule has 0 spiro atoms. The Morgan fingerprint density at radius 1 is 1.37 bits per heavy atom. The number of amides is 1. The minimum atomic E-state index is -0.180. The Kier molecular flexibility index (Phi) is 4.46. The van der Waals surface area contributed by atoms with Crippen LogP contribution in [-0.4, -0.2) is 13.0 Å². The number of methoxy groups -OCH3 is 1. The van der Waals surface area contributed by atoms with Crippen LogP contribution in [0.4, 0.5) is 0 Å². The van der Waals surface area contributed by atoms with Gasteiger partial charge in [0.15, 0.2) is 0 Å². The summed E-state index contributed by atoms with van der Waals surface area (Å²) in [6.45, 7) is 2.03. The molecule has 3 nitrogen and oxygen atoms in total. The predicted molar refractivity (Wildman–Crippen MR) is 76.2 cm³/mol. The summed E-state index contributed by atoms with van der Waals surface area (Å²) in [7, 11) is 1.68. The van der Waals surface area contributed by atoms with Gasteiger partial charge in [0, 0.05) is 6.42 Å². The van der Waals surface area contributed by atoms with Gasteiger partial charge in [0.25, 0.3) is 0 Å². The molecule has 1 fully saturated rings. The van der Waals surface area contributed by atoms with Crippen molar-refractivity contribution < 1.29 is 9.53 Å². The number of benzene rings is 1. The lowest BCUT2D eigenvalue weighted by molar-refractivity contribution is -0.123. The molecule has 0 bridgehead atoms. The number of hydrogen-bond acceptors (Lipinski definition) is 2. The number of nitrogens with one attached hydrogen (secondary N) is 1. The molecule has 0 unspecified atom stereocenters. The van der Waals surface area contributed by atoms with Crippen molar-refractivity contribution in [2.75, 3.05) is 7.11 Å². The van der Waals surface area contributed by atoms with Crippen molar-refractivity contribution in [3.8, 4) is 5.75 Å². The zero-order valence-electron chi connectivity index (χ0n) is 11.9. The third-order valence-electron chi connectivity index (χ3n) is 3.94. The van der Waals surface area contributed by atoms with Crippen LogP contribution in [0.2, 0.25) is 0 Å². The Morgan fingerprint density at radius 2 is 2.11 bits per heavy atom. The first-order valence-electron chi connectivity index (χ1n) is 7.16. The standard InChI is InChI=1S/C16H23NO2/c1-3-7-15(18)17-16(10-4-5-11-16)13-8-6-9-14(12-13)19-2/h6,8-9,12H,3-5,7,10-11H2,1-2H3,(H,17,18). The van der Waals surface area contributed by atoms with Crippen LogP contribution in [0.25, 0.3) is 0 Å². The summed E-state index contributed by atoms with van der Waals surface area (Å²) in [6, 6.07) is 8.10. The Morgan fingerprint density at radius 3 is 2.74 bits per heavy atom. The van der Waals surface area contributed by atoms with E-state index in [9.17, 15) is 4.79 Å². The summed E-state index contributed by atoms with van der Waals surface area (Å²) < 4.78 is 5.30. The van der Waals surface area contributed by atoms with Crippen LogP contribution >= 0.6 is 0 Å². The molecule has 1 saturated carbocycles. The maximum atomic E-state index is 12.0. The van der Waals surface area contributed by atoms with E-state index < -0.39 is 0 Å². The van der Waals surface area contributed by atoms with Crippen LogP contribution in [0.1, 0.15) is 51.0 Å². The van der Waals surface area contributed by atoms with Gasteiger partial charge in [0.1, 0.15) is 5.75 Å². The zero-order chi connectivity index (χ0) is 13.7. The molecule has 0 atom stereocenters. The van der Waals surface area contributed by atoms with E-state index in [1.807, 2.05) is 19.1 Å². The molecule has 3 heteroatoms. The smallest absolute Gasteiger partial charge is 0.220 e. The van der Waals surface area contributed by atoms with E-state index in [1.165, 1.54) is 18.4 Å². The third-order valence-corrected chi connectivity index (χ3v) is 3.94. The van der Waals surface area contributed by atoms with Gasteiger partial charge in [-0.3, -0.25) is 4.79 Å². The highest BCUT2D eigenvalue weighted by atomic mass is 16.5. The van der Waals surface area contributed by atoms with Crippen molar-refractivity contribution >= 4 is 5.91 Å². The fourth-order valence-corrected chi connectivity index (χ4v) is 2.94. The van der Waals surface area contributed by atoms with Crippen molar-refractivity contribution in [3.63, 3.8) is 0 Å². The van der Waals surface area contributed by atoms with Crippen molar-refractivity contribution in [1.82, 2.24) is 5.32 Å². The first-order valence-corrected chi connectivity index (χ1v) is 7.16. The molecule has 1 aliphatic carbocycles. The van der Waals surface area contributed by atoms with Crippen LogP contribution in [-0.2, 0) is 10.3 Å². The molecule has 104 valence electrons. The second-order valence-electron chi connectivity index (χ2n) is 5.32. The number of rotatable bonds is 5. The topological polar surface area (TPSA) is 38.3 Å². The van der Waals surface area contributed by atoms with E-state index in [2.05, 4.69) is 17.4 Å². The molecule has 2 rings (SSSR count). The van der Waals surface area contributed by atoms with Gasteiger partial charge in [0.2, 0.25) is 5.91 Å². The lowest BCUT2D eigenvalue weighted by Crippen LogP contribution is -2.43. The summed E-state index contributed by atoms with van der Waals surface area (Å²) in [5, 5.41) is 3.27. The number of carbonyl (C=O) groups excluding carboxylic acids is 1. The molecule has 0 aliphatic heterocycles. The van der Waals surface area contributed by atoms with Crippen LogP contribution in [0.3, 0.4) is 0 Å². The minimum Gasteiger partial charge on any atom is -0.497 e. The molecule has 1 aromatic rings. The molecule has 0 aromatic heterocycles. The largest absolute Gasteiger partial charge is 0.497 e. The second-order valence-corrected chi connectivity index (χ2v) is 5.32. The second kappa shape index (κ2) is 6.09. The lowest BCUT2D eigenvalue weighted by Gasteiger charge is -2.31. The fraction of sp³-hybridized carbons (Fsp3) is 0.562. The van der Waals surface area contributed by atoms with E-state index in [1.54, 1.807) is 7.11 Å². The molecular weight excluding hydrogens is 238 g/mol. The molecule has 19 heavy (non-hydrogen) atoms. The third kappa shape index (κ3) is 3.09. The average Bonchev–Trinajstić information content (AvgIpc) is 2.89. The minimum absolute atomic E-state index is 0.159. The van der Waals surface area contributed by atoms with Gasteiger partial charge in [-0.25, -0.2) is 0 Å². The number of carbonyl (C=O) groups is 1. The van der Waals surface area contributed by atoms with Crippen LogP contribution < -0.4 is 10.1 Å². The van der Waals surface area contributed by atoms with Crippen LogP contribution in [0.15, 0.2) is 24.3 Å². The normalized spacial score (nSPS) is 17.2. The Bertz CT molecular complexity index is 436. The Hall–Kier alpha value is -1.51. The first kappa shape index (κ1) is 13.9. The van der Waals surface area contributed by atoms with Gasteiger partial charge < -0.3 is 10.1 Å². The van der Waals surface area contributed by atoms with Gasteiger partial charge >= 0.3 is 0 Å². The van der Waals surface area contributed by atoms with E-state index in [-0.39, 0.29) is 11.4 Å². The molecule has 1 amide bonds. The quantitative estimate of drug-likeness (QED) is 0.882. The zero-order valence-corrected chi connectivity index (χ0v) is 11.9. The molecule has 1 aromatic carbocycles. The summed E-state index contributed by atoms with van der Waals surface area (Å²) in [5.74, 6) is 1.01. The average molecular weight is 261 g/mol. The van der Waals surface area contributed by atoms with E-state index in [4.69, 9.17) is 4.74 Å². The maximum absolute atomic E-state index is 12.0. The molecule has 1 aliphatic rings. The Labute approximate surface area is 115 Å². The molecule has 0 heterocycles. The molecular formula is C16H23NO2. The lowest BCUT2D eigenvalue weighted by atomic mass is 9.87. The summed E-state index contributed by atoms with van der Waals surface area (Å²) in [5.41, 5.74) is 0.995.